The zero-order valence-electron chi connectivity index (χ0n) is 10.8. The molecule has 0 radical (unpaired) electrons. The predicted octanol–water partition coefficient (Wildman–Crippen LogP) is 1.30. The van der Waals surface area contributed by atoms with Gasteiger partial charge in [0.05, 0.1) is 30.0 Å². The molecule has 1 aromatic heterocycles. The number of hydrogen-bond donors (Lipinski definition) is 0. The lowest BCUT2D eigenvalue weighted by atomic mass is 10.0. The Labute approximate surface area is 113 Å². The summed E-state index contributed by atoms with van der Waals surface area (Å²) in [7, 11) is 2.71. The molecule has 1 heterocycles. The Morgan fingerprint density at radius 2 is 2.10 bits per heavy atom. The van der Waals surface area contributed by atoms with Crippen molar-refractivity contribution in [1.29, 1.82) is 0 Å². The summed E-state index contributed by atoms with van der Waals surface area (Å²) in [4.78, 5) is 29.3. The molecule has 0 spiro atoms. The summed E-state index contributed by atoms with van der Waals surface area (Å²) in [6.07, 6.45) is 1.85. The van der Waals surface area contributed by atoms with Crippen molar-refractivity contribution in [3.63, 3.8) is 0 Å². The molecule has 8 heteroatoms. The number of nitro benzene ring substituents is 1. The van der Waals surface area contributed by atoms with Crippen molar-refractivity contribution in [1.82, 2.24) is 9.97 Å². The second kappa shape index (κ2) is 5.47. The van der Waals surface area contributed by atoms with Crippen LogP contribution < -0.4 is 9.47 Å². The molecule has 1 aromatic carbocycles. The van der Waals surface area contributed by atoms with Gasteiger partial charge in [0, 0.05) is 18.1 Å². The van der Waals surface area contributed by atoms with E-state index in [4.69, 9.17) is 9.47 Å². The van der Waals surface area contributed by atoms with Crippen LogP contribution in [0.15, 0.2) is 12.4 Å². The second-order valence-corrected chi connectivity index (χ2v) is 3.81. The van der Waals surface area contributed by atoms with Crippen LogP contribution in [0.1, 0.15) is 5.56 Å². The first kappa shape index (κ1) is 13.7. The number of nitrogens with zero attached hydrogens (tertiary/aromatic N) is 3. The molecule has 2 aromatic rings. The Bertz CT molecular complexity index is 686. The van der Waals surface area contributed by atoms with E-state index in [0.29, 0.717) is 22.8 Å². The van der Waals surface area contributed by atoms with E-state index in [9.17, 15) is 14.9 Å². The maximum Gasteiger partial charge on any atom is 0.312 e. The van der Waals surface area contributed by atoms with E-state index >= 15 is 0 Å². The summed E-state index contributed by atoms with van der Waals surface area (Å²) in [5.74, 6) is 0.225. The van der Waals surface area contributed by atoms with Gasteiger partial charge in [-0.15, -0.1) is 0 Å². The normalized spacial score (nSPS) is 10.3. The van der Waals surface area contributed by atoms with Gasteiger partial charge in [-0.05, 0) is 0 Å². The van der Waals surface area contributed by atoms with Gasteiger partial charge in [-0.1, -0.05) is 0 Å². The second-order valence-electron chi connectivity index (χ2n) is 3.81. The summed E-state index contributed by atoms with van der Waals surface area (Å²) in [5, 5.41) is 11.5. The van der Waals surface area contributed by atoms with Gasteiger partial charge >= 0.3 is 5.69 Å². The van der Waals surface area contributed by atoms with E-state index in [2.05, 4.69) is 9.97 Å². The number of carbonyl (C=O) groups excluding carboxylic acids is 1. The molecule has 0 aliphatic rings. The minimum atomic E-state index is -0.584. The summed E-state index contributed by atoms with van der Waals surface area (Å²) in [6.45, 7) is 0. The number of carbonyl (C=O) groups is 1. The van der Waals surface area contributed by atoms with E-state index < -0.39 is 4.92 Å². The van der Waals surface area contributed by atoms with Crippen LogP contribution in [0.2, 0.25) is 0 Å². The van der Waals surface area contributed by atoms with Gasteiger partial charge in [0.2, 0.25) is 11.6 Å². The number of methoxy groups -OCH3 is 2. The van der Waals surface area contributed by atoms with Crippen LogP contribution in [0.25, 0.3) is 10.9 Å². The lowest BCUT2D eigenvalue weighted by Crippen LogP contribution is -2.03. The molecule has 0 saturated carbocycles. The van der Waals surface area contributed by atoms with Gasteiger partial charge in [-0.3, -0.25) is 10.1 Å². The number of hydrogen-bond acceptors (Lipinski definition) is 7. The summed E-state index contributed by atoms with van der Waals surface area (Å²) in [5.41, 5.74) is 0.476. The molecule has 0 aliphatic carbocycles. The highest BCUT2D eigenvalue weighted by Crippen LogP contribution is 2.38. The van der Waals surface area contributed by atoms with Crippen LogP contribution in [0.3, 0.4) is 0 Å². The molecule has 104 valence electrons. The fraction of sp³-hybridized carbons (Fsp3) is 0.250. The number of benzene rings is 1. The highest BCUT2D eigenvalue weighted by molar-refractivity contribution is 5.92. The Balaban J connectivity index is 2.93. The lowest BCUT2D eigenvalue weighted by Gasteiger charge is -2.11. The van der Waals surface area contributed by atoms with Crippen molar-refractivity contribution < 1.29 is 19.2 Å². The monoisotopic (exact) mass is 277 g/mol. The number of ether oxygens (including phenoxy) is 2. The molecule has 0 aliphatic heterocycles. The predicted molar refractivity (Wildman–Crippen MR) is 69.1 cm³/mol. The van der Waals surface area contributed by atoms with E-state index in [1.54, 1.807) is 0 Å². The van der Waals surface area contributed by atoms with E-state index in [-0.39, 0.29) is 23.7 Å². The molecule has 0 fully saturated rings. The van der Waals surface area contributed by atoms with Crippen molar-refractivity contribution in [2.24, 2.45) is 0 Å². The molecule has 20 heavy (non-hydrogen) atoms. The van der Waals surface area contributed by atoms with Crippen LogP contribution >= 0.6 is 0 Å². The Morgan fingerprint density at radius 1 is 1.35 bits per heavy atom. The summed E-state index contributed by atoms with van der Waals surface area (Å²) in [6, 6.07) is 1.28. The molecular formula is C12H11N3O5. The number of aldehydes is 1. The van der Waals surface area contributed by atoms with Gasteiger partial charge in [-0.2, -0.15) is 0 Å². The van der Waals surface area contributed by atoms with Crippen molar-refractivity contribution in [2.75, 3.05) is 14.2 Å². The number of fused-ring (bicyclic) bond motifs is 1. The van der Waals surface area contributed by atoms with Crippen LogP contribution in [0, 0.1) is 10.1 Å². The average molecular weight is 277 g/mol. The van der Waals surface area contributed by atoms with E-state index in [1.807, 2.05) is 0 Å². The first-order valence-corrected chi connectivity index (χ1v) is 5.60. The first-order chi connectivity index (χ1) is 9.63. The van der Waals surface area contributed by atoms with Crippen LogP contribution in [0.5, 0.6) is 11.6 Å². The van der Waals surface area contributed by atoms with Crippen LogP contribution in [-0.4, -0.2) is 35.4 Å². The van der Waals surface area contributed by atoms with Gasteiger partial charge in [-0.25, -0.2) is 9.97 Å². The molecule has 0 bridgehead atoms. The third-order valence-corrected chi connectivity index (χ3v) is 2.80. The van der Waals surface area contributed by atoms with Crippen LogP contribution in [0.4, 0.5) is 5.69 Å². The molecule has 0 amide bonds. The van der Waals surface area contributed by atoms with Crippen molar-refractivity contribution in [2.45, 2.75) is 6.42 Å². The van der Waals surface area contributed by atoms with Crippen molar-refractivity contribution >= 4 is 22.9 Å². The van der Waals surface area contributed by atoms with Crippen molar-refractivity contribution in [3.05, 3.63) is 28.1 Å². The first-order valence-electron chi connectivity index (χ1n) is 5.60. The van der Waals surface area contributed by atoms with Gasteiger partial charge in [0.1, 0.15) is 12.6 Å². The molecule has 2 rings (SSSR count). The largest absolute Gasteiger partial charge is 0.490 e. The third kappa shape index (κ3) is 2.11. The molecule has 0 N–H and O–H groups in total. The average Bonchev–Trinajstić information content (AvgIpc) is 2.46. The van der Waals surface area contributed by atoms with E-state index in [0.717, 1.165) is 0 Å². The molecule has 0 saturated heterocycles. The Hall–Kier alpha value is -2.77. The zero-order chi connectivity index (χ0) is 14.7. The van der Waals surface area contributed by atoms with Crippen molar-refractivity contribution in [3.8, 4) is 11.6 Å². The highest BCUT2D eigenvalue weighted by atomic mass is 16.6. The van der Waals surface area contributed by atoms with E-state index in [1.165, 1.54) is 26.6 Å². The maximum absolute atomic E-state index is 11.1. The smallest absolute Gasteiger partial charge is 0.312 e. The third-order valence-electron chi connectivity index (χ3n) is 2.80. The van der Waals surface area contributed by atoms with Gasteiger partial charge in [0.15, 0.2) is 0 Å². The minimum Gasteiger partial charge on any atom is -0.490 e. The summed E-state index contributed by atoms with van der Waals surface area (Å²) < 4.78 is 10.1. The number of nitro groups is 1. The fourth-order valence-corrected chi connectivity index (χ4v) is 2.01. The quantitative estimate of drug-likeness (QED) is 0.460. The maximum atomic E-state index is 11.1. The van der Waals surface area contributed by atoms with Gasteiger partial charge in [0.25, 0.3) is 0 Å². The Kier molecular flexibility index (Phi) is 3.74. The summed E-state index contributed by atoms with van der Waals surface area (Å²) >= 11 is 0. The zero-order valence-corrected chi connectivity index (χ0v) is 10.8. The van der Waals surface area contributed by atoms with Crippen LogP contribution in [-0.2, 0) is 11.2 Å². The van der Waals surface area contributed by atoms with Gasteiger partial charge < -0.3 is 14.3 Å². The molecule has 0 atom stereocenters. The number of rotatable bonds is 5. The number of aromatic nitrogens is 2. The SMILES string of the molecule is COc1c([N+](=O)[O-])cc2c(OC)ncnc2c1CC=O. The highest BCUT2D eigenvalue weighted by Gasteiger charge is 2.24. The topological polar surface area (TPSA) is 104 Å². The molecule has 0 unspecified atom stereocenters. The standard InChI is InChI=1S/C12H11N3O5/c1-19-11-7(3-4-16)10-8(5-9(11)15(17)18)12(20-2)14-6-13-10/h4-6H,3H2,1-2H3. The lowest BCUT2D eigenvalue weighted by molar-refractivity contribution is -0.385. The molecular weight excluding hydrogens is 266 g/mol. The molecule has 8 nitrogen and oxygen atoms in total. The fourth-order valence-electron chi connectivity index (χ4n) is 2.01. The minimum absolute atomic E-state index is 0.0235. The Morgan fingerprint density at radius 3 is 2.65 bits per heavy atom.